The Kier molecular flexibility index (Phi) is 3.55. The number of halogens is 3. The molecule has 0 aromatic heterocycles. The molecule has 0 amide bonds. The highest BCUT2D eigenvalue weighted by Gasteiger charge is 2.42. The van der Waals surface area contributed by atoms with Gasteiger partial charge in [-0.25, -0.2) is 4.39 Å². The third-order valence-electron chi connectivity index (χ3n) is 4.72. The van der Waals surface area contributed by atoms with Gasteiger partial charge in [-0.3, -0.25) is 0 Å². The zero-order valence-electron chi connectivity index (χ0n) is 10.2. The highest BCUT2D eigenvalue weighted by molar-refractivity contribution is 6.31. The van der Waals surface area contributed by atoms with Crippen LogP contribution in [0.1, 0.15) is 31.2 Å². The van der Waals surface area contributed by atoms with Crippen molar-refractivity contribution in [3.05, 3.63) is 34.6 Å². The number of benzene rings is 1. The zero-order chi connectivity index (χ0) is 12.7. The van der Waals surface area contributed by atoms with Crippen LogP contribution in [0.3, 0.4) is 0 Å². The van der Waals surface area contributed by atoms with Crippen molar-refractivity contribution in [3.8, 4) is 0 Å². The van der Waals surface area contributed by atoms with E-state index in [0.717, 1.165) is 11.8 Å². The van der Waals surface area contributed by atoms with Gasteiger partial charge in [-0.2, -0.15) is 0 Å². The van der Waals surface area contributed by atoms with Gasteiger partial charge in [0, 0.05) is 16.0 Å². The summed E-state index contributed by atoms with van der Waals surface area (Å²) in [7, 11) is 0. The fourth-order valence-corrected chi connectivity index (χ4v) is 4.51. The Morgan fingerprint density at radius 2 is 2.11 bits per heavy atom. The van der Waals surface area contributed by atoms with Crippen LogP contribution < -0.4 is 0 Å². The predicted octanol–water partition coefficient (Wildman–Crippen LogP) is 5.07. The maximum atomic E-state index is 13.7. The van der Waals surface area contributed by atoms with E-state index < -0.39 is 0 Å². The van der Waals surface area contributed by atoms with Crippen LogP contribution in [-0.4, -0.2) is 5.38 Å². The lowest BCUT2D eigenvalue weighted by Gasteiger charge is -2.26. The Balaban J connectivity index is 1.73. The number of rotatable bonds is 3. The number of fused-ring (bicyclic) bond motifs is 2. The molecule has 0 radical (unpaired) electrons. The first-order valence-corrected chi connectivity index (χ1v) is 7.53. The molecule has 2 fully saturated rings. The van der Waals surface area contributed by atoms with E-state index in [0.29, 0.717) is 22.9 Å². The van der Waals surface area contributed by atoms with Crippen molar-refractivity contribution in [2.75, 3.05) is 0 Å². The van der Waals surface area contributed by atoms with E-state index in [-0.39, 0.29) is 11.2 Å². The normalized spacial score (nSPS) is 31.8. The summed E-state index contributed by atoms with van der Waals surface area (Å²) in [5, 5.41) is 0.526. The molecular weight excluding hydrogens is 270 g/mol. The molecule has 98 valence electrons. The lowest BCUT2D eigenvalue weighted by molar-refractivity contribution is 0.318. The molecule has 0 N–H and O–H groups in total. The Labute approximate surface area is 117 Å². The molecular formula is C15H17Cl2F. The molecule has 1 aromatic carbocycles. The average molecular weight is 287 g/mol. The summed E-state index contributed by atoms with van der Waals surface area (Å²) in [5.74, 6) is 1.97. The third kappa shape index (κ3) is 2.28. The monoisotopic (exact) mass is 286 g/mol. The van der Waals surface area contributed by atoms with Crippen LogP contribution in [0.5, 0.6) is 0 Å². The van der Waals surface area contributed by atoms with Crippen molar-refractivity contribution in [2.45, 2.75) is 37.5 Å². The van der Waals surface area contributed by atoms with E-state index in [2.05, 4.69) is 0 Å². The standard InChI is InChI=1S/C15H17Cl2F/c16-13-2-1-3-15(18)12(13)8-14(17)11-7-9-4-5-10(11)6-9/h1-3,9-11,14H,4-8H2. The van der Waals surface area contributed by atoms with Gasteiger partial charge in [-0.05, 0) is 55.6 Å². The zero-order valence-corrected chi connectivity index (χ0v) is 11.7. The summed E-state index contributed by atoms with van der Waals surface area (Å²) in [6.45, 7) is 0. The number of hydrogen-bond acceptors (Lipinski definition) is 0. The van der Waals surface area contributed by atoms with Crippen molar-refractivity contribution in [1.29, 1.82) is 0 Å². The van der Waals surface area contributed by atoms with Crippen LogP contribution in [0, 0.1) is 23.6 Å². The van der Waals surface area contributed by atoms with E-state index in [1.165, 1.54) is 31.7 Å². The Hall–Kier alpha value is -0.270. The minimum absolute atomic E-state index is 0.0229. The van der Waals surface area contributed by atoms with Crippen molar-refractivity contribution in [3.63, 3.8) is 0 Å². The maximum Gasteiger partial charge on any atom is 0.127 e. The van der Waals surface area contributed by atoms with Gasteiger partial charge in [0.1, 0.15) is 5.82 Å². The van der Waals surface area contributed by atoms with Crippen LogP contribution in [0.4, 0.5) is 4.39 Å². The first-order valence-electron chi connectivity index (χ1n) is 6.72. The van der Waals surface area contributed by atoms with Crippen LogP contribution in [-0.2, 0) is 6.42 Å². The molecule has 2 aliphatic rings. The van der Waals surface area contributed by atoms with Crippen molar-refractivity contribution in [1.82, 2.24) is 0 Å². The predicted molar refractivity (Wildman–Crippen MR) is 73.7 cm³/mol. The highest BCUT2D eigenvalue weighted by Crippen LogP contribution is 2.51. The van der Waals surface area contributed by atoms with Gasteiger partial charge < -0.3 is 0 Å². The van der Waals surface area contributed by atoms with Gasteiger partial charge in [0.25, 0.3) is 0 Å². The van der Waals surface area contributed by atoms with Gasteiger partial charge in [0.2, 0.25) is 0 Å². The molecule has 0 aliphatic heterocycles. The van der Waals surface area contributed by atoms with E-state index in [4.69, 9.17) is 23.2 Å². The third-order valence-corrected chi connectivity index (χ3v) is 5.55. The Morgan fingerprint density at radius 3 is 2.72 bits per heavy atom. The number of alkyl halides is 1. The minimum Gasteiger partial charge on any atom is -0.207 e. The summed E-state index contributed by atoms with van der Waals surface area (Å²) >= 11 is 12.6. The summed E-state index contributed by atoms with van der Waals surface area (Å²) in [6, 6.07) is 4.85. The summed E-state index contributed by atoms with van der Waals surface area (Å²) in [6.07, 6.45) is 5.79. The average Bonchev–Trinajstić information content (AvgIpc) is 2.96. The molecule has 4 unspecified atom stereocenters. The Bertz CT molecular complexity index is 426. The van der Waals surface area contributed by atoms with Crippen molar-refractivity contribution >= 4 is 23.2 Å². The Morgan fingerprint density at radius 1 is 1.28 bits per heavy atom. The molecule has 2 bridgehead atoms. The largest absolute Gasteiger partial charge is 0.207 e. The van der Waals surface area contributed by atoms with Gasteiger partial charge >= 0.3 is 0 Å². The molecule has 2 saturated carbocycles. The second kappa shape index (κ2) is 5.02. The van der Waals surface area contributed by atoms with E-state index >= 15 is 0 Å². The first kappa shape index (κ1) is 12.7. The lowest BCUT2D eigenvalue weighted by atomic mass is 9.84. The van der Waals surface area contributed by atoms with E-state index in [1.807, 2.05) is 0 Å². The fourth-order valence-electron chi connectivity index (χ4n) is 3.81. The van der Waals surface area contributed by atoms with E-state index in [1.54, 1.807) is 12.1 Å². The summed E-state index contributed by atoms with van der Waals surface area (Å²) < 4.78 is 13.7. The highest BCUT2D eigenvalue weighted by atomic mass is 35.5. The smallest absolute Gasteiger partial charge is 0.127 e. The topological polar surface area (TPSA) is 0 Å². The molecule has 0 nitrogen and oxygen atoms in total. The second-order valence-electron chi connectivity index (χ2n) is 5.76. The van der Waals surface area contributed by atoms with E-state index in [9.17, 15) is 4.39 Å². The molecule has 0 saturated heterocycles. The van der Waals surface area contributed by atoms with Crippen molar-refractivity contribution < 1.29 is 4.39 Å². The minimum atomic E-state index is -0.226. The van der Waals surface area contributed by atoms with Crippen LogP contribution >= 0.6 is 23.2 Å². The molecule has 0 heterocycles. The molecule has 3 heteroatoms. The summed E-state index contributed by atoms with van der Waals surface area (Å²) in [4.78, 5) is 0. The van der Waals surface area contributed by atoms with Gasteiger partial charge in [-0.15, -0.1) is 11.6 Å². The van der Waals surface area contributed by atoms with Crippen LogP contribution in [0.2, 0.25) is 5.02 Å². The van der Waals surface area contributed by atoms with Crippen LogP contribution in [0.25, 0.3) is 0 Å². The molecule has 3 rings (SSSR count). The second-order valence-corrected chi connectivity index (χ2v) is 6.73. The van der Waals surface area contributed by atoms with Crippen molar-refractivity contribution in [2.24, 2.45) is 17.8 Å². The van der Waals surface area contributed by atoms with Gasteiger partial charge in [-0.1, -0.05) is 24.1 Å². The molecule has 2 aliphatic carbocycles. The fraction of sp³-hybridized carbons (Fsp3) is 0.600. The molecule has 4 atom stereocenters. The van der Waals surface area contributed by atoms with Gasteiger partial charge in [0.05, 0.1) is 0 Å². The first-order chi connectivity index (χ1) is 8.65. The maximum absolute atomic E-state index is 13.7. The SMILES string of the molecule is Fc1cccc(Cl)c1CC(Cl)C1CC2CCC1C2. The lowest BCUT2D eigenvalue weighted by Crippen LogP contribution is -2.23. The van der Waals surface area contributed by atoms with Crippen LogP contribution in [0.15, 0.2) is 18.2 Å². The quantitative estimate of drug-likeness (QED) is 0.681. The molecule has 1 aromatic rings. The molecule has 18 heavy (non-hydrogen) atoms. The molecule has 0 spiro atoms. The van der Waals surface area contributed by atoms with Gasteiger partial charge in [0.15, 0.2) is 0 Å². The number of hydrogen-bond donors (Lipinski definition) is 0. The summed E-state index contributed by atoms with van der Waals surface area (Å²) in [5.41, 5.74) is 0.585.